The number of hydrogen-bond donors (Lipinski definition) is 0. The van der Waals surface area contributed by atoms with Gasteiger partial charge in [0, 0.05) is 0 Å². The molecule has 0 fully saturated rings. The van der Waals surface area contributed by atoms with Gasteiger partial charge in [0.05, 0.1) is 12.2 Å². The van der Waals surface area contributed by atoms with Crippen LogP contribution in [0.4, 0.5) is 4.39 Å². The summed E-state index contributed by atoms with van der Waals surface area (Å²) in [5.41, 5.74) is 0.483. The number of halogens is 1. The van der Waals surface area contributed by atoms with Crippen LogP contribution >= 0.6 is 0 Å². The van der Waals surface area contributed by atoms with E-state index < -0.39 is 11.8 Å². The number of aromatic nitrogens is 1. The molecule has 1 heterocycles. The molecule has 0 aliphatic rings. The van der Waals surface area contributed by atoms with Crippen molar-refractivity contribution in [1.29, 1.82) is 0 Å². The Labute approximate surface area is 84.7 Å². The highest BCUT2D eigenvalue weighted by molar-refractivity contribution is 5.93. The number of oxazole rings is 1. The third-order valence-electron chi connectivity index (χ3n) is 1.90. The molecule has 2 aromatic rings. The van der Waals surface area contributed by atoms with Gasteiger partial charge in [-0.15, -0.1) is 0 Å². The first-order chi connectivity index (χ1) is 7.22. The number of esters is 1. The van der Waals surface area contributed by atoms with Gasteiger partial charge < -0.3 is 9.15 Å². The van der Waals surface area contributed by atoms with E-state index in [2.05, 4.69) is 4.98 Å². The van der Waals surface area contributed by atoms with E-state index in [-0.39, 0.29) is 17.8 Å². The van der Waals surface area contributed by atoms with E-state index >= 15 is 0 Å². The molecule has 0 aliphatic heterocycles. The van der Waals surface area contributed by atoms with E-state index in [1.165, 1.54) is 6.07 Å². The fourth-order valence-corrected chi connectivity index (χ4v) is 1.26. The second kappa shape index (κ2) is 3.68. The molecule has 5 heteroatoms. The standard InChI is InChI=1S/C10H8FNO3/c1-2-14-10(13)6-3-7(11)9-8(4-6)12-5-15-9/h3-5H,2H2,1H3. The molecule has 0 amide bonds. The van der Waals surface area contributed by atoms with Gasteiger partial charge in [-0.1, -0.05) is 0 Å². The topological polar surface area (TPSA) is 52.3 Å². The fraction of sp³-hybridized carbons (Fsp3) is 0.200. The Morgan fingerprint density at radius 2 is 2.40 bits per heavy atom. The molecule has 1 aromatic carbocycles. The summed E-state index contributed by atoms with van der Waals surface area (Å²) in [5.74, 6) is -1.19. The zero-order chi connectivity index (χ0) is 10.8. The quantitative estimate of drug-likeness (QED) is 0.711. The second-order valence-electron chi connectivity index (χ2n) is 2.88. The molecule has 4 nitrogen and oxygen atoms in total. The van der Waals surface area contributed by atoms with Crippen molar-refractivity contribution in [2.45, 2.75) is 6.92 Å². The molecule has 0 atom stereocenters. The van der Waals surface area contributed by atoms with Crippen LogP contribution in [0.5, 0.6) is 0 Å². The van der Waals surface area contributed by atoms with E-state index in [4.69, 9.17) is 9.15 Å². The third-order valence-corrected chi connectivity index (χ3v) is 1.90. The Morgan fingerprint density at radius 1 is 1.60 bits per heavy atom. The van der Waals surface area contributed by atoms with Crippen molar-refractivity contribution in [3.05, 3.63) is 29.9 Å². The van der Waals surface area contributed by atoms with Gasteiger partial charge in [-0.3, -0.25) is 0 Å². The smallest absolute Gasteiger partial charge is 0.338 e. The van der Waals surface area contributed by atoms with Crippen LogP contribution in [0.3, 0.4) is 0 Å². The highest BCUT2D eigenvalue weighted by Crippen LogP contribution is 2.19. The molecule has 0 saturated carbocycles. The Hall–Kier alpha value is -1.91. The van der Waals surface area contributed by atoms with Crippen LogP contribution in [0.1, 0.15) is 17.3 Å². The van der Waals surface area contributed by atoms with Crippen LogP contribution in [-0.2, 0) is 4.74 Å². The predicted octanol–water partition coefficient (Wildman–Crippen LogP) is 2.14. The van der Waals surface area contributed by atoms with Crippen molar-refractivity contribution in [3.8, 4) is 0 Å². The lowest BCUT2D eigenvalue weighted by Gasteiger charge is -2.01. The summed E-state index contributed by atoms with van der Waals surface area (Å²) in [6.07, 6.45) is 1.13. The van der Waals surface area contributed by atoms with Crippen LogP contribution in [0.15, 0.2) is 22.9 Å². The van der Waals surface area contributed by atoms with Gasteiger partial charge in [0.1, 0.15) is 5.52 Å². The van der Waals surface area contributed by atoms with Crippen molar-refractivity contribution in [2.75, 3.05) is 6.61 Å². The maximum atomic E-state index is 13.3. The lowest BCUT2D eigenvalue weighted by atomic mass is 10.2. The number of carbonyl (C=O) groups is 1. The minimum Gasteiger partial charge on any atom is -0.462 e. The van der Waals surface area contributed by atoms with Crippen LogP contribution in [0.25, 0.3) is 11.1 Å². The summed E-state index contributed by atoms with van der Waals surface area (Å²) in [6, 6.07) is 2.51. The Kier molecular flexibility index (Phi) is 2.37. The molecule has 0 spiro atoms. The van der Waals surface area contributed by atoms with E-state index in [0.29, 0.717) is 5.52 Å². The summed E-state index contributed by atoms with van der Waals surface area (Å²) in [5, 5.41) is 0. The number of carbonyl (C=O) groups excluding carboxylic acids is 1. The van der Waals surface area contributed by atoms with Gasteiger partial charge in [-0.25, -0.2) is 14.2 Å². The average Bonchev–Trinajstić information content (AvgIpc) is 2.66. The molecule has 15 heavy (non-hydrogen) atoms. The molecule has 1 aromatic heterocycles. The predicted molar refractivity (Wildman–Crippen MR) is 49.9 cm³/mol. The van der Waals surface area contributed by atoms with Crippen molar-refractivity contribution < 1.29 is 18.3 Å². The first kappa shape index (κ1) is 9.64. The van der Waals surface area contributed by atoms with Gasteiger partial charge in [0.25, 0.3) is 0 Å². The summed E-state index contributed by atoms with van der Waals surface area (Å²) >= 11 is 0. The van der Waals surface area contributed by atoms with E-state index in [1.54, 1.807) is 6.92 Å². The van der Waals surface area contributed by atoms with E-state index in [9.17, 15) is 9.18 Å². The number of benzene rings is 1. The molecule has 0 aliphatic carbocycles. The average molecular weight is 209 g/mol. The fourth-order valence-electron chi connectivity index (χ4n) is 1.26. The monoisotopic (exact) mass is 209 g/mol. The molecule has 0 bridgehead atoms. The first-order valence-electron chi connectivity index (χ1n) is 4.42. The van der Waals surface area contributed by atoms with Crippen LogP contribution in [0, 0.1) is 5.82 Å². The van der Waals surface area contributed by atoms with Crippen LogP contribution in [-0.4, -0.2) is 17.6 Å². The molecule has 78 valence electrons. The number of nitrogens with zero attached hydrogens (tertiary/aromatic N) is 1. The molecule has 0 unspecified atom stereocenters. The number of fused-ring (bicyclic) bond motifs is 1. The third kappa shape index (κ3) is 1.68. The van der Waals surface area contributed by atoms with Crippen molar-refractivity contribution in [3.63, 3.8) is 0 Å². The molecular weight excluding hydrogens is 201 g/mol. The maximum absolute atomic E-state index is 13.3. The molecule has 0 saturated heterocycles. The lowest BCUT2D eigenvalue weighted by Crippen LogP contribution is -2.04. The summed E-state index contributed by atoms with van der Waals surface area (Å²) in [6.45, 7) is 1.93. The highest BCUT2D eigenvalue weighted by atomic mass is 19.1. The summed E-state index contributed by atoms with van der Waals surface area (Å²) in [7, 11) is 0. The van der Waals surface area contributed by atoms with Crippen molar-refractivity contribution >= 4 is 17.1 Å². The zero-order valence-electron chi connectivity index (χ0n) is 7.99. The van der Waals surface area contributed by atoms with Crippen LogP contribution < -0.4 is 0 Å². The summed E-state index contributed by atoms with van der Waals surface area (Å²) < 4.78 is 22.9. The summed E-state index contributed by atoms with van der Waals surface area (Å²) in [4.78, 5) is 15.1. The largest absolute Gasteiger partial charge is 0.462 e. The zero-order valence-corrected chi connectivity index (χ0v) is 7.99. The second-order valence-corrected chi connectivity index (χ2v) is 2.88. The molecule has 0 N–H and O–H groups in total. The molecular formula is C10H8FNO3. The molecule has 0 radical (unpaired) electrons. The highest BCUT2D eigenvalue weighted by Gasteiger charge is 2.13. The Balaban J connectivity index is 2.49. The molecule has 2 rings (SSSR count). The van der Waals surface area contributed by atoms with Crippen molar-refractivity contribution in [2.24, 2.45) is 0 Å². The Morgan fingerprint density at radius 3 is 3.13 bits per heavy atom. The minimum absolute atomic E-state index is 0.0445. The Bertz CT molecular complexity index is 506. The maximum Gasteiger partial charge on any atom is 0.338 e. The van der Waals surface area contributed by atoms with Gasteiger partial charge in [0.2, 0.25) is 0 Å². The number of ether oxygens (including phenoxy) is 1. The van der Waals surface area contributed by atoms with Gasteiger partial charge in [-0.2, -0.15) is 0 Å². The lowest BCUT2D eigenvalue weighted by molar-refractivity contribution is 0.0526. The van der Waals surface area contributed by atoms with Gasteiger partial charge in [-0.05, 0) is 19.1 Å². The van der Waals surface area contributed by atoms with E-state index in [0.717, 1.165) is 12.5 Å². The minimum atomic E-state index is -0.618. The normalized spacial score (nSPS) is 10.5. The SMILES string of the molecule is CCOC(=O)c1cc(F)c2ocnc2c1. The van der Waals surface area contributed by atoms with Gasteiger partial charge >= 0.3 is 5.97 Å². The van der Waals surface area contributed by atoms with Crippen LogP contribution in [0.2, 0.25) is 0 Å². The van der Waals surface area contributed by atoms with Gasteiger partial charge in [0.15, 0.2) is 17.8 Å². The van der Waals surface area contributed by atoms with E-state index in [1.807, 2.05) is 0 Å². The first-order valence-corrected chi connectivity index (χ1v) is 4.42. The number of rotatable bonds is 2. The van der Waals surface area contributed by atoms with Crippen molar-refractivity contribution in [1.82, 2.24) is 4.98 Å². The number of hydrogen-bond acceptors (Lipinski definition) is 4.